The number of hydrogen-bond donors (Lipinski definition) is 1. The first kappa shape index (κ1) is 17.3. The highest BCUT2D eigenvalue weighted by atomic mass is 79.9. The van der Waals surface area contributed by atoms with Gasteiger partial charge < -0.3 is 5.11 Å². The number of aliphatic hydroxyl groups is 1. The first-order valence-electron chi connectivity index (χ1n) is 7.81. The van der Waals surface area contributed by atoms with E-state index in [1.54, 1.807) is 0 Å². The van der Waals surface area contributed by atoms with E-state index in [0.717, 1.165) is 40.2 Å². The first-order valence-corrected chi connectivity index (χ1v) is 8.98. The average molecular weight is 374 g/mol. The van der Waals surface area contributed by atoms with Gasteiger partial charge in [0, 0.05) is 16.1 Å². The molecule has 1 N–H and O–H groups in total. The van der Waals surface area contributed by atoms with Crippen molar-refractivity contribution >= 4 is 27.5 Å². The monoisotopic (exact) mass is 372 g/mol. The summed E-state index contributed by atoms with van der Waals surface area (Å²) in [5, 5.41) is 10.8. The fourth-order valence-corrected chi connectivity index (χ4v) is 4.30. The Labute approximate surface area is 142 Å². The SMILES string of the molecule is CC(C)(C)C1CCC(CO)(Cc2ccc(Br)cc2Cl)CC1. The Kier molecular flexibility index (Phi) is 5.44. The zero-order chi connectivity index (χ0) is 15.7. The first-order chi connectivity index (χ1) is 9.76. The van der Waals surface area contributed by atoms with Crippen LogP contribution in [-0.2, 0) is 6.42 Å². The highest BCUT2D eigenvalue weighted by molar-refractivity contribution is 9.10. The fourth-order valence-electron chi connectivity index (χ4n) is 3.56. The Morgan fingerprint density at radius 3 is 2.38 bits per heavy atom. The minimum atomic E-state index is 0.0131. The molecule has 1 aromatic rings. The maximum absolute atomic E-state index is 9.99. The summed E-state index contributed by atoms with van der Waals surface area (Å²) in [6, 6.07) is 6.06. The minimum absolute atomic E-state index is 0.0131. The zero-order valence-electron chi connectivity index (χ0n) is 13.3. The summed E-state index contributed by atoms with van der Waals surface area (Å²) >= 11 is 9.81. The molecule has 0 bridgehead atoms. The lowest BCUT2D eigenvalue weighted by Crippen LogP contribution is -2.36. The molecule has 1 aliphatic rings. The van der Waals surface area contributed by atoms with Gasteiger partial charge in [0.2, 0.25) is 0 Å². The minimum Gasteiger partial charge on any atom is -0.396 e. The third-order valence-corrected chi connectivity index (χ3v) is 6.03. The van der Waals surface area contributed by atoms with Gasteiger partial charge in [0.1, 0.15) is 0 Å². The van der Waals surface area contributed by atoms with Crippen LogP contribution < -0.4 is 0 Å². The third-order valence-electron chi connectivity index (χ3n) is 5.19. The van der Waals surface area contributed by atoms with Gasteiger partial charge in [-0.2, -0.15) is 0 Å². The van der Waals surface area contributed by atoms with Crippen molar-refractivity contribution in [3.05, 3.63) is 33.3 Å². The molecule has 0 aromatic heterocycles. The van der Waals surface area contributed by atoms with E-state index in [1.165, 1.54) is 12.8 Å². The number of hydrogen-bond acceptors (Lipinski definition) is 1. The maximum Gasteiger partial charge on any atom is 0.0490 e. The van der Waals surface area contributed by atoms with Gasteiger partial charge in [0.25, 0.3) is 0 Å². The van der Waals surface area contributed by atoms with Gasteiger partial charge in [-0.1, -0.05) is 54.4 Å². The van der Waals surface area contributed by atoms with Crippen molar-refractivity contribution in [1.29, 1.82) is 0 Å². The van der Waals surface area contributed by atoms with Crippen LogP contribution >= 0.6 is 27.5 Å². The molecule has 1 nitrogen and oxygen atoms in total. The van der Waals surface area contributed by atoms with Crippen molar-refractivity contribution in [3.8, 4) is 0 Å². The van der Waals surface area contributed by atoms with Gasteiger partial charge in [-0.05, 0) is 66.5 Å². The second-order valence-electron chi connectivity index (χ2n) is 7.71. The number of halogens is 2. The lowest BCUT2D eigenvalue weighted by Gasteiger charge is -2.43. The largest absolute Gasteiger partial charge is 0.396 e. The van der Waals surface area contributed by atoms with Crippen molar-refractivity contribution in [2.24, 2.45) is 16.7 Å². The van der Waals surface area contributed by atoms with Gasteiger partial charge in [-0.3, -0.25) is 0 Å². The summed E-state index contributed by atoms with van der Waals surface area (Å²) < 4.78 is 1.01. The molecule has 0 aliphatic heterocycles. The summed E-state index contributed by atoms with van der Waals surface area (Å²) in [5.41, 5.74) is 1.54. The van der Waals surface area contributed by atoms with Crippen molar-refractivity contribution in [3.63, 3.8) is 0 Å². The van der Waals surface area contributed by atoms with Crippen LogP contribution in [-0.4, -0.2) is 11.7 Å². The third kappa shape index (κ3) is 4.24. The molecule has 1 saturated carbocycles. The topological polar surface area (TPSA) is 20.2 Å². The highest BCUT2D eigenvalue weighted by Crippen LogP contribution is 2.47. The van der Waals surface area contributed by atoms with Crippen LogP contribution in [0.15, 0.2) is 22.7 Å². The van der Waals surface area contributed by atoms with E-state index in [0.29, 0.717) is 5.41 Å². The second kappa shape index (κ2) is 6.60. The molecule has 118 valence electrons. The second-order valence-corrected chi connectivity index (χ2v) is 9.03. The Morgan fingerprint density at radius 1 is 1.29 bits per heavy atom. The molecule has 2 rings (SSSR count). The van der Waals surface area contributed by atoms with Crippen molar-refractivity contribution in [1.82, 2.24) is 0 Å². The smallest absolute Gasteiger partial charge is 0.0490 e. The quantitative estimate of drug-likeness (QED) is 0.703. The molecule has 0 unspecified atom stereocenters. The van der Waals surface area contributed by atoms with E-state index in [2.05, 4.69) is 42.8 Å². The van der Waals surface area contributed by atoms with Crippen LogP contribution in [0.4, 0.5) is 0 Å². The molecule has 0 saturated heterocycles. The van der Waals surface area contributed by atoms with Crippen LogP contribution in [0.3, 0.4) is 0 Å². The summed E-state index contributed by atoms with van der Waals surface area (Å²) in [4.78, 5) is 0. The van der Waals surface area contributed by atoms with E-state index in [1.807, 2.05) is 12.1 Å². The molecule has 3 heteroatoms. The highest BCUT2D eigenvalue weighted by Gasteiger charge is 2.38. The predicted molar refractivity (Wildman–Crippen MR) is 93.8 cm³/mol. The predicted octanol–water partition coefficient (Wildman–Crippen LogP) is 5.86. The summed E-state index contributed by atoms with van der Waals surface area (Å²) in [6.45, 7) is 7.25. The average Bonchev–Trinajstić information content (AvgIpc) is 2.41. The normalized spacial score (nSPS) is 26.9. The maximum atomic E-state index is 9.99. The van der Waals surface area contributed by atoms with Gasteiger partial charge >= 0.3 is 0 Å². The van der Waals surface area contributed by atoms with Gasteiger partial charge in [-0.15, -0.1) is 0 Å². The summed E-state index contributed by atoms with van der Waals surface area (Å²) in [7, 11) is 0. The zero-order valence-corrected chi connectivity index (χ0v) is 15.6. The molecular formula is C18H26BrClO. The van der Waals surface area contributed by atoms with E-state index in [9.17, 15) is 5.11 Å². The van der Waals surface area contributed by atoms with Gasteiger partial charge in [0.05, 0.1) is 0 Å². The Hall–Kier alpha value is -0.0500. The Bertz CT molecular complexity index is 484. The molecule has 0 heterocycles. The summed E-state index contributed by atoms with van der Waals surface area (Å²) in [5.74, 6) is 0.762. The number of benzene rings is 1. The van der Waals surface area contributed by atoms with Crippen molar-refractivity contribution < 1.29 is 5.11 Å². The molecule has 0 spiro atoms. The Balaban J connectivity index is 2.10. The summed E-state index contributed by atoms with van der Waals surface area (Å²) in [6.07, 6.45) is 5.48. The van der Waals surface area contributed by atoms with E-state index in [4.69, 9.17) is 11.6 Å². The van der Waals surface area contributed by atoms with Crippen LogP contribution in [0.5, 0.6) is 0 Å². The standard InChI is InChI=1S/C18H26BrClO/c1-17(2,3)14-6-8-18(12-21,9-7-14)11-13-4-5-15(19)10-16(13)20/h4-5,10,14,21H,6-9,11-12H2,1-3H3. The molecule has 0 atom stereocenters. The molecule has 1 fully saturated rings. The molecule has 1 aliphatic carbocycles. The van der Waals surface area contributed by atoms with Gasteiger partial charge in [0.15, 0.2) is 0 Å². The van der Waals surface area contributed by atoms with Gasteiger partial charge in [-0.25, -0.2) is 0 Å². The van der Waals surface area contributed by atoms with E-state index < -0.39 is 0 Å². The fraction of sp³-hybridized carbons (Fsp3) is 0.667. The molecule has 21 heavy (non-hydrogen) atoms. The number of rotatable bonds is 3. The van der Waals surface area contributed by atoms with Crippen molar-refractivity contribution in [2.75, 3.05) is 6.61 Å². The van der Waals surface area contributed by atoms with E-state index >= 15 is 0 Å². The van der Waals surface area contributed by atoms with E-state index in [-0.39, 0.29) is 12.0 Å². The lowest BCUT2D eigenvalue weighted by atomic mass is 9.62. The molecule has 0 amide bonds. The lowest BCUT2D eigenvalue weighted by molar-refractivity contribution is 0.0369. The number of aliphatic hydroxyl groups excluding tert-OH is 1. The van der Waals surface area contributed by atoms with Crippen LogP contribution in [0.25, 0.3) is 0 Å². The molecule has 1 aromatic carbocycles. The molecule has 0 radical (unpaired) electrons. The van der Waals surface area contributed by atoms with Crippen molar-refractivity contribution in [2.45, 2.75) is 52.9 Å². The Morgan fingerprint density at radius 2 is 1.90 bits per heavy atom. The molecular weight excluding hydrogens is 348 g/mol. The van der Waals surface area contributed by atoms with Crippen LogP contribution in [0, 0.1) is 16.7 Å². The van der Waals surface area contributed by atoms with Crippen LogP contribution in [0.1, 0.15) is 52.0 Å². The van der Waals surface area contributed by atoms with Crippen LogP contribution in [0.2, 0.25) is 5.02 Å².